The van der Waals surface area contributed by atoms with E-state index in [1.807, 2.05) is 0 Å². The summed E-state index contributed by atoms with van der Waals surface area (Å²) in [5.74, 6) is -2.08. The first-order chi connectivity index (χ1) is 12.5. The third-order valence-electron chi connectivity index (χ3n) is 3.90. The fourth-order valence-corrected chi connectivity index (χ4v) is 3.53. The summed E-state index contributed by atoms with van der Waals surface area (Å²) in [6.07, 6.45) is 0.531. The van der Waals surface area contributed by atoms with Crippen molar-refractivity contribution in [1.82, 2.24) is 9.62 Å². The summed E-state index contributed by atoms with van der Waals surface area (Å²) in [5.41, 5.74) is 0.440. The number of nitrogens with zero attached hydrogens (tertiary/aromatic N) is 1. The maximum atomic E-state index is 12.6. The minimum atomic E-state index is -4.00. The van der Waals surface area contributed by atoms with Gasteiger partial charge in [-0.15, -0.1) is 0 Å². The van der Waals surface area contributed by atoms with Gasteiger partial charge in [0.15, 0.2) is 0 Å². The van der Waals surface area contributed by atoms with Crippen LogP contribution in [0.4, 0.5) is 5.69 Å². The Morgan fingerprint density at radius 3 is 2.15 bits per heavy atom. The number of aliphatic carboxylic acids is 1. The molecular formula is C17H25N3O6S. The van der Waals surface area contributed by atoms with Crippen molar-refractivity contribution in [3.05, 3.63) is 24.3 Å². The van der Waals surface area contributed by atoms with Crippen LogP contribution < -0.4 is 10.0 Å². The van der Waals surface area contributed by atoms with E-state index in [4.69, 9.17) is 5.11 Å². The van der Waals surface area contributed by atoms with Gasteiger partial charge in [0.2, 0.25) is 21.8 Å². The lowest BCUT2D eigenvalue weighted by Gasteiger charge is -2.29. The van der Waals surface area contributed by atoms with Gasteiger partial charge in [0.05, 0.1) is 10.9 Å². The predicted molar refractivity (Wildman–Crippen MR) is 99.6 cm³/mol. The molecule has 0 aliphatic heterocycles. The Hall–Kier alpha value is -2.46. The van der Waals surface area contributed by atoms with Crippen molar-refractivity contribution < 1.29 is 27.9 Å². The molecule has 2 atom stereocenters. The van der Waals surface area contributed by atoms with Gasteiger partial charge < -0.3 is 15.3 Å². The molecule has 2 unspecified atom stereocenters. The molecule has 0 aliphatic rings. The van der Waals surface area contributed by atoms with Gasteiger partial charge in [-0.1, -0.05) is 6.92 Å². The zero-order valence-electron chi connectivity index (χ0n) is 15.7. The van der Waals surface area contributed by atoms with Gasteiger partial charge in [0, 0.05) is 18.7 Å². The van der Waals surface area contributed by atoms with Crippen LogP contribution in [-0.2, 0) is 24.4 Å². The topological polar surface area (TPSA) is 133 Å². The van der Waals surface area contributed by atoms with E-state index in [2.05, 4.69) is 10.0 Å². The molecule has 0 radical (unpaired) electrons. The summed E-state index contributed by atoms with van der Waals surface area (Å²) in [5, 5.41) is 11.5. The number of hydrogen-bond donors (Lipinski definition) is 3. The fraction of sp³-hybridized carbons (Fsp3) is 0.471. The fourth-order valence-electron chi connectivity index (χ4n) is 2.34. The number of sulfonamides is 1. The first kappa shape index (κ1) is 22.6. The highest BCUT2D eigenvalue weighted by Gasteiger charge is 2.29. The maximum absolute atomic E-state index is 12.6. The number of anilines is 1. The quantitative estimate of drug-likeness (QED) is 0.568. The van der Waals surface area contributed by atoms with Crippen molar-refractivity contribution in [2.75, 3.05) is 11.9 Å². The Balaban J connectivity index is 2.94. The molecule has 1 rings (SSSR count). The van der Waals surface area contributed by atoms with E-state index in [-0.39, 0.29) is 16.8 Å². The van der Waals surface area contributed by atoms with Gasteiger partial charge in [-0.2, -0.15) is 4.72 Å². The summed E-state index contributed by atoms with van der Waals surface area (Å²) < 4.78 is 27.2. The maximum Gasteiger partial charge on any atom is 0.323 e. The first-order valence-electron chi connectivity index (χ1n) is 8.40. The highest BCUT2D eigenvalue weighted by atomic mass is 32.2. The van der Waals surface area contributed by atoms with E-state index in [9.17, 15) is 22.8 Å². The second-order valence-corrected chi connectivity index (χ2v) is 7.88. The van der Waals surface area contributed by atoms with Gasteiger partial charge in [-0.3, -0.25) is 14.4 Å². The molecule has 0 saturated carbocycles. The number of carboxylic acid groups (broad SMARTS) is 1. The lowest BCUT2D eigenvalue weighted by atomic mass is 10.2. The summed E-state index contributed by atoms with van der Waals surface area (Å²) in [6.45, 7) is 5.69. The number of nitrogens with one attached hydrogen (secondary N) is 2. The van der Waals surface area contributed by atoms with Crippen molar-refractivity contribution in [3.63, 3.8) is 0 Å². The molecule has 1 aromatic carbocycles. The Bertz CT molecular complexity index is 791. The minimum Gasteiger partial charge on any atom is -0.480 e. The minimum absolute atomic E-state index is 0.0791. The van der Waals surface area contributed by atoms with Crippen LogP contribution in [0.5, 0.6) is 0 Å². The molecule has 27 heavy (non-hydrogen) atoms. The van der Waals surface area contributed by atoms with E-state index in [1.54, 1.807) is 13.8 Å². The van der Waals surface area contributed by atoms with E-state index >= 15 is 0 Å². The molecule has 0 fully saturated rings. The third kappa shape index (κ3) is 6.65. The molecular weight excluding hydrogens is 374 g/mol. The van der Waals surface area contributed by atoms with E-state index in [1.165, 1.54) is 38.1 Å². The molecule has 0 heterocycles. The molecule has 150 valence electrons. The number of benzene rings is 1. The number of carbonyl (C=O) groups excluding carboxylic acids is 2. The lowest BCUT2D eigenvalue weighted by molar-refractivity contribution is -0.146. The first-order valence-corrected chi connectivity index (χ1v) is 9.88. The van der Waals surface area contributed by atoms with Crippen LogP contribution in [0.15, 0.2) is 29.2 Å². The second kappa shape index (κ2) is 9.47. The molecule has 3 N–H and O–H groups in total. The molecule has 0 saturated heterocycles. The molecule has 10 heteroatoms. The van der Waals surface area contributed by atoms with Gasteiger partial charge in [0.25, 0.3) is 0 Å². The average Bonchev–Trinajstić information content (AvgIpc) is 2.57. The molecule has 0 aromatic heterocycles. The van der Waals surface area contributed by atoms with E-state index < -0.39 is 34.5 Å². The third-order valence-corrected chi connectivity index (χ3v) is 5.46. The van der Waals surface area contributed by atoms with E-state index in [0.29, 0.717) is 12.1 Å². The summed E-state index contributed by atoms with van der Waals surface area (Å²) in [4.78, 5) is 35.6. The zero-order valence-corrected chi connectivity index (χ0v) is 16.5. The van der Waals surface area contributed by atoms with E-state index in [0.717, 1.165) is 4.90 Å². The van der Waals surface area contributed by atoms with Crippen LogP contribution in [0.2, 0.25) is 0 Å². The van der Waals surface area contributed by atoms with Gasteiger partial charge in [0.1, 0.15) is 6.54 Å². The average molecular weight is 399 g/mol. The highest BCUT2D eigenvalue weighted by Crippen LogP contribution is 2.15. The van der Waals surface area contributed by atoms with Gasteiger partial charge in [-0.05, 0) is 44.5 Å². The van der Waals surface area contributed by atoms with Crippen LogP contribution in [0.25, 0.3) is 0 Å². The molecule has 1 aromatic rings. The van der Waals surface area contributed by atoms with Crippen molar-refractivity contribution in [3.8, 4) is 0 Å². The van der Waals surface area contributed by atoms with Crippen LogP contribution in [0.3, 0.4) is 0 Å². The van der Waals surface area contributed by atoms with Crippen LogP contribution >= 0.6 is 0 Å². The Kier molecular flexibility index (Phi) is 7.92. The van der Waals surface area contributed by atoms with Gasteiger partial charge in [-0.25, -0.2) is 8.42 Å². The number of amides is 2. The monoisotopic (exact) mass is 399 g/mol. The summed E-state index contributed by atoms with van der Waals surface area (Å²) in [6, 6.07) is 3.97. The molecule has 0 aliphatic carbocycles. The smallest absolute Gasteiger partial charge is 0.323 e. The van der Waals surface area contributed by atoms with Crippen molar-refractivity contribution in [2.45, 2.75) is 51.1 Å². The number of hydrogen-bond acceptors (Lipinski definition) is 5. The molecule has 9 nitrogen and oxygen atoms in total. The largest absolute Gasteiger partial charge is 0.480 e. The SMILES string of the molecule is CCC(C)N(CC(=O)O)C(=O)C(C)NS(=O)(=O)c1ccc(NC(C)=O)cc1. The summed E-state index contributed by atoms with van der Waals surface area (Å²) in [7, 11) is -4.00. The Morgan fingerprint density at radius 1 is 1.15 bits per heavy atom. The summed E-state index contributed by atoms with van der Waals surface area (Å²) >= 11 is 0. The standard InChI is InChI=1S/C17H25N3O6S/c1-5-11(2)20(10-16(22)23)17(24)12(3)19-27(25,26)15-8-6-14(7-9-15)18-13(4)21/h6-9,11-12,19H,5,10H2,1-4H3,(H,18,21)(H,22,23). The normalized spacial score (nSPS) is 13.5. The Morgan fingerprint density at radius 2 is 1.70 bits per heavy atom. The number of carbonyl (C=O) groups is 3. The zero-order chi connectivity index (χ0) is 20.8. The predicted octanol–water partition coefficient (Wildman–Crippen LogP) is 1.02. The number of rotatable bonds is 9. The van der Waals surface area contributed by atoms with Crippen LogP contribution in [-0.4, -0.2) is 54.8 Å². The van der Waals surface area contributed by atoms with Crippen molar-refractivity contribution >= 4 is 33.5 Å². The number of carboxylic acids is 1. The van der Waals surface area contributed by atoms with Crippen LogP contribution in [0, 0.1) is 0 Å². The van der Waals surface area contributed by atoms with Gasteiger partial charge >= 0.3 is 5.97 Å². The van der Waals surface area contributed by atoms with Crippen molar-refractivity contribution in [1.29, 1.82) is 0 Å². The van der Waals surface area contributed by atoms with Crippen molar-refractivity contribution in [2.24, 2.45) is 0 Å². The molecule has 0 bridgehead atoms. The highest BCUT2D eigenvalue weighted by molar-refractivity contribution is 7.89. The lowest BCUT2D eigenvalue weighted by Crippen LogP contribution is -2.51. The Labute approximate surface area is 158 Å². The molecule has 0 spiro atoms. The second-order valence-electron chi connectivity index (χ2n) is 6.17. The van der Waals surface area contributed by atoms with Crippen LogP contribution in [0.1, 0.15) is 34.1 Å². The molecule has 2 amide bonds.